The third-order valence-electron chi connectivity index (χ3n) is 3.87. The van der Waals surface area contributed by atoms with Gasteiger partial charge < -0.3 is 15.0 Å². The van der Waals surface area contributed by atoms with Crippen LogP contribution in [0, 0.1) is 0 Å². The normalized spacial score (nSPS) is 15.8. The van der Waals surface area contributed by atoms with Crippen molar-refractivity contribution in [3.63, 3.8) is 0 Å². The number of quaternary nitrogens is 1. The van der Waals surface area contributed by atoms with Crippen molar-refractivity contribution in [2.45, 2.75) is 25.7 Å². The van der Waals surface area contributed by atoms with E-state index in [-0.39, 0.29) is 5.91 Å². The average molecular weight is 277 g/mol. The fraction of sp³-hybridized carbons (Fsp3) is 0.562. The number of methoxy groups -OCH3 is 1. The molecule has 0 unspecified atom stereocenters. The summed E-state index contributed by atoms with van der Waals surface area (Å²) in [6, 6.07) is 7.99. The molecule has 110 valence electrons. The fourth-order valence-corrected chi connectivity index (χ4v) is 2.66. The molecule has 20 heavy (non-hydrogen) atoms. The zero-order valence-corrected chi connectivity index (χ0v) is 12.3. The Balaban J connectivity index is 1.65. The third kappa shape index (κ3) is 4.85. The smallest absolute Gasteiger partial charge is 0.275 e. The highest BCUT2D eigenvalue weighted by Crippen LogP contribution is 2.11. The first kappa shape index (κ1) is 14.9. The number of benzene rings is 1. The summed E-state index contributed by atoms with van der Waals surface area (Å²) >= 11 is 0. The number of likely N-dealkylation sites (tertiary alicyclic amines) is 1. The topological polar surface area (TPSA) is 42.8 Å². The van der Waals surface area contributed by atoms with Gasteiger partial charge in [0.25, 0.3) is 5.91 Å². The number of hydrogen-bond donors (Lipinski definition) is 2. The number of hydrogen-bond acceptors (Lipinski definition) is 2. The van der Waals surface area contributed by atoms with E-state index < -0.39 is 0 Å². The van der Waals surface area contributed by atoms with E-state index in [1.165, 1.54) is 29.7 Å². The summed E-state index contributed by atoms with van der Waals surface area (Å²) in [5, 5.41) is 3.02. The molecule has 0 aromatic heterocycles. The predicted molar refractivity (Wildman–Crippen MR) is 79.1 cm³/mol. The molecule has 0 bridgehead atoms. The molecule has 4 heteroatoms. The molecule has 1 fully saturated rings. The van der Waals surface area contributed by atoms with E-state index in [0.29, 0.717) is 13.1 Å². The van der Waals surface area contributed by atoms with Crippen LogP contribution in [0.4, 0.5) is 0 Å². The molecule has 2 N–H and O–H groups in total. The second-order valence-electron chi connectivity index (χ2n) is 5.44. The molecule has 2 rings (SSSR count). The van der Waals surface area contributed by atoms with Crippen molar-refractivity contribution < 1.29 is 14.4 Å². The maximum atomic E-state index is 11.8. The molecular weight excluding hydrogens is 252 g/mol. The molecule has 1 amide bonds. The summed E-state index contributed by atoms with van der Waals surface area (Å²) in [6.45, 7) is 3.62. The highest BCUT2D eigenvalue weighted by Gasteiger charge is 2.16. The second kappa shape index (κ2) is 7.90. The first-order chi connectivity index (χ1) is 9.78. The first-order valence-corrected chi connectivity index (χ1v) is 7.51. The van der Waals surface area contributed by atoms with Crippen molar-refractivity contribution >= 4 is 5.91 Å². The van der Waals surface area contributed by atoms with Crippen molar-refractivity contribution in [2.24, 2.45) is 0 Å². The van der Waals surface area contributed by atoms with Crippen molar-refractivity contribution in [3.8, 4) is 5.75 Å². The molecule has 0 saturated carbocycles. The highest BCUT2D eigenvalue weighted by molar-refractivity contribution is 5.76. The molecule has 4 nitrogen and oxygen atoms in total. The van der Waals surface area contributed by atoms with E-state index in [1.54, 1.807) is 7.11 Å². The first-order valence-electron chi connectivity index (χ1n) is 7.51. The lowest BCUT2D eigenvalue weighted by Crippen LogP contribution is -3.13. The van der Waals surface area contributed by atoms with Crippen molar-refractivity contribution in [1.29, 1.82) is 0 Å². The van der Waals surface area contributed by atoms with Crippen LogP contribution in [0.25, 0.3) is 0 Å². The number of ether oxygens (including phenoxy) is 1. The van der Waals surface area contributed by atoms with Crippen LogP contribution in [0.15, 0.2) is 24.3 Å². The van der Waals surface area contributed by atoms with Crippen LogP contribution >= 0.6 is 0 Å². The summed E-state index contributed by atoms with van der Waals surface area (Å²) in [5.74, 6) is 1.04. The van der Waals surface area contributed by atoms with Crippen molar-refractivity contribution in [2.75, 3.05) is 33.3 Å². The Morgan fingerprint density at radius 3 is 2.55 bits per heavy atom. The summed E-state index contributed by atoms with van der Waals surface area (Å²) in [6.07, 6.45) is 4.70. The molecule has 1 heterocycles. The Bertz CT molecular complexity index is 411. The largest absolute Gasteiger partial charge is 0.497 e. The molecule has 0 aliphatic carbocycles. The van der Waals surface area contributed by atoms with Crippen LogP contribution in [0.5, 0.6) is 5.75 Å². The number of rotatable bonds is 6. The summed E-state index contributed by atoms with van der Waals surface area (Å²) in [4.78, 5) is 13.3. The van der Waals surface area contributed by atoms with E-state index in [2.05, 4.69) is 5.32 Å². The molecule has 0 spiro atoms. The molecule has 1 aliphatic rings. The minimum Gasteiger partial charge on any atom is -0.497 e. The van der Waals surface area contributed by atoms with Gasteiger partial charge in [-0.25, -0.2) is 0 Å². The van der Waals surface area contributed by atoms with Crippen molar-refractivity contribution in [1.82, 2.24) is 5.32 Å². The minimum atomic E-state index is 0.176. The van der Waals surface area contributed by atoms with E-state index in [0.717, 1.165) is 25.3 Å². The summed E-state index contributed by atoms with van der Waals surface area (Å²) in [7, 11) is 1.66. The Labute approximate surface area is 121 Å². The number of carbonyl (C=O) groups is 1. The van der Waals surface area contributed by atoms with E-state index in [9.17, 15) is 4.79 Å². The second-order valence-corrected chi connectivity index (χ2v) is 5.44. The van der Waals surface area contributed by atoms with Gasteiger partial charge in [-0.05, 0) is 43.4 Å². The standard InChI is InChI=1S/C16H24N2O2/c1-20-15-7-5-14(6-8-15)9-10-17-16(19)13-18-11-3-2-4-12-18/h5-8H,2-4,9-13H2,1H3,(H,17,19)/p+1. The number of piperidine rings is 1. The van der Waals surface area contributed by atoms with Crippen LogP contribution in [0.2, 0.25) is 0 Å². The Morgan fingerprint density at radius 1 is 1.20 bits per heavy atom. The van der Waals surface area contributed by atoms with Crippen LogP contribution < -0.4 is 15.0 Å². The Kier molecular flexibility index (Phi) is 5.87. The van der Waals surface area contributed by atoms with Crippen LogP contribution in [0.1, 0.15) is 24.8 Å². The molecule has 1 aromatic rings. The summed E-state index contributed by atoms with van der Waals surface area (Å²) in [5.41, 5.74) is 1.22. The maximum Gasteiger partial charge on any atom is 0.275 e. The molecule has 0 radical (unpaired) electrons. The molecule has 1 aliphatic heterocycles. The van der Waals surface area contributed by atoms with Gasteiger partial charge in [0, 0.05) is 6.54 Å². The Morgan fingerprint density at radius 2 is 1.90 bits per heavy atom. The number of nitrogens with one attached hydrogen (secondary N) is 2. The molecule has 1 saturated heterocycles. The minimum absolute atomic E-state index is 0.176. The molecule has 0 atom stereocenters. The highest BCUT2D eigenvalue weighted by atomic mass is 16.5. The van der Waals surface area contributed by atoms with Gasteiger partial charge in [-0.3, -0.25) is 4.79 Å². The van der Waals surface area contributed by atoms with Crippen molar-refractivity contribution in [3.05, 3.63) is 29.8 Å². The fourth-order valence-electron chi connectivity index (χ4n) is 2.66. The van der Waals surface area contributed by atoms with Gasteiger partial charge in [-0.2, -0.15) is 0 Å². The number of amides is 1. The van der Waals surface area contributed by atoms with Gasteiger partial charge in [0.15, 0.2) is 6.54 Å². The molecular formula is C16H25N2O2+. The quantitative estimate of drug-likeness (QED) is 0.791. The van der Waals surface area contributed by atoms with Gasteiger partial charge in [0.05, 0.1) is 20.2 Å². The predicted octanol–water partition coefficient (Wildman–Crippen LogP) is 0.423. The lowest BCUT2D eigenvalue weighted by Gasteiger charge is -2.22. The van der Waals surface area contributed by atoms with E-state index in [1.807, 2.05) is 24.3 Å². The lowest BCUT2D eigenvalue weighted by molar-refractivity contribution is -0.896. The zero-order valence-electron chi connectivity index (χ0n) is 12.3. The van der Waals surface area contributed by atoms with Gasteiger partial charge in [-0.15, -0.1) is 0 Å². The zero-order chi connectivity index (χ0) is 14.2. The van der Waals surface area contributed by atoms with Gasteiger partial charge in [-0.1, -0.05) is 12.1 Å². The van der Waals surface area contributed by atoms with Gasteiger partial charge in [0.1, 0.15) is 5.75 Å². The Hall–Kier alpha value is -1.55. The average Bonchev–Trinajstić information content (AvgIpc) is 2.49. The van der Waals surface area contributed by atoms with Gasteiger partial charge in [0.2, 0.25) is 0 Å². The van der Waals surface area contributed by atoms with E-state index in [4.69, 9.17) is 4.74 Å². The third-order valence-corrected chi connectivity index (χ3v) is 3.87. The van der Waals surface area contributed by atoms with Crippen LogP contribution in [-0.4, -0.2) is 39.2 Å². The molecule has 1 aromatic carbocycles. The van der Waals surface area contributed by atoms with Gasteiger partial charge >= 0.3 is 0 Å². The van der Waals surface area contributed by atoms with Crippen LogP contribution in [-0.2, 0) is 11.2 Å². The maximum absolute atomic E-state index is 11.8. The SMILES string of the molecule is COc1ccc(CCNC(=O)C[NH+]2CCCCC2)cc1. The lowest BCUT2D eigenvalue weighted by atomic mass is 10.1. The monoisotopic (exact) mass is 277 g/mol. The van der Waals surface area contributed by atoms with E-state index >= 15 is 0 Å². The van der Waals surface area contributed by atoms with Crippen LogP contribution in [0.3, 0.4) is 0 Å². The summed E-state index contributed by atoms with van der Waals surface area (Å²) < 4.78 is 5.12. The number of carbonyl (C=O) groups excluding carboxylic acids is 1.